The quantitative estimate of drug-likeness (QED) is 0.470. The third-order valence-electron chi connectivity index (χ3n) is 4.26. The van der Waals surface area contributed by atoms with Gasteiger partial charge in [-0.15, -0.1) is 11.8 Å². The number of fused-ring (bicyclic) bond motifs is 1. The molecule has 0 fully saturated rings. The van der Waals surface area contributed by atoms with Crippen LogP contribution in [0.4, 0.5) is 5.69 Å². The van der Waals surface area contributed by atoms with Crippen molar-refractivity contribution in [2.45, 2.75) is 18.7 Å². The molecule has 0 saturated heterocycles. The monoisotopic (exact) mass is 394 g/mol. The number of thioether (sulfide) groups is 1. The minimum atomic E-state index is -0.458. The fourth-order valence-corrected chi connectivity index (χ4v) is 3.74. The van der Waals surface area contributed by atoms with Crippen molar-refractivity contribution in [2.24, 2.45) is 5.92 Å². The number of para-hydroxylation sites is 1. The SMILES string of the molecule is CCOCCN(C[C@H](C)C(=O)OC)C(=O)CN1C(=O)CSc2ccccc21. The lowest BCUT2D eigenvalue weighted by atomic mass is 10.1. The second kappa shape index (κ2) is 10.3. The Bertz CT molecular complexity index is 682. The zero-order valence-electron chi connectivity index (χ0n) is 16.0. The number of carbonyl (C=O) groups is 3. The van der Waals surface area contributed by atoms with Crippen molar-refractivity contribution in [3.05, 3.63) is 24.3 Å². The van der Waals surface area contributed by atoms with E-state index in [0.717, 1.165) is 10.6 Å². The van der Waals surface area contributed by atoms with E-state index in [1.165, 1.54) is 23.8 Å². The van der Waals surface area contributed by atoms with Gasteiger partial charge in [0.05, 0.1) is 31.1 Å². The molecule has 0 radical (unpaired) electrons. The summed E-state index contributed by atoms with van der Waals surface area (Å²) in [7, 11) is 1.33. The zero-order chi connectivity index (χ0) is 19.8. The molecule has 1 aliphatic rings. The summed E-state index contributed by atoms with van der Waals surface area (Å²) in [5.41, 5.74) is 0.748. The van der Waals surface area contributed by atoms with E-state index in [1.54, 1.807) is 11.8 Å². The fraction of sp³-hybridized carbons (Fsp3) is 0.526. The maximum absolute atomic E-state index is 12.9. The highest BCUT2D eigenvalue weighted by molar-refractivity contribution is 8.00. The van der Waals surface area contributed by atoms with Crippen LogP contribution in [-0.4, -0.2) is 68.4 Å². The van der Waals surface area contributed by atoms with Gasteiger partial charge in [0.2, 0.25) is 11.8 Å². The third kappa shape index (κ3) is 5.71. The number of anilines is 1. The van der Waals surface area contributed by atoms with E-state index in [0.29, 0.717) is 25.5 Å². The molecule has 8 heteroatoms. The number of esters is 1. The number of ether oxygens (including phenoxy) is 2. The van der Waals surface area contributed by atoms with Crippen LogP contribution < -0.4 is 4.90 Å². The summed E-state index contributed by atoms with van der Waals surface area (Å²) < 4.78 is 10.1. The first kappa shape index (κ1) is 21.2. The molecule has 0 aromatic heterocycles. The first-order chi connectivity index (χ1) is 13.0. The molecule has 27 heavy (non-hydrogen) atoms. The van der Waals surface area contributed by atoms with Gasteiger partial charge in [0, 0.05) is 24.6 Å². The molecule has 2 rings (SSSR count). The van der Waals surface area contributed by atoms with Gasteiger partial charge in [0.1, 0.15) is 6.54 Å². The lowest BCUT2D eigenvalue weighted by molar-refractivity contribution is -0.146. The van der Waals surface area contributed by atoms with E-state index in [4.69, 9.17) is 9.47 Å². The maximum atomic E-state index is 12.9. The molecule has 0 spiro atoms. The molecule has 1 aromatic rings. The molecular weight excluding hydrogens is 368 g/mol. The van der Waals surface area contributed by atoms with E-state index >= 15 is 0 Å². The highest BCUT2D eigenvalue weighted by atomic mass is 32.2. The first-order valence-electron chi connectivity index (χ1n) is 8.93. The van der Waals surface area contributed by atoms with Crippen molar-refractivity contribution in [3.8, 4) is 0 Å². The minimum Gasteiger partial charge on any atom is -0.469 e. The Hall–Kier alpha value is -2.06. The number of methoxy groups -OCH3 is 1. The van der Waals surface area contributed by atoms with E-state index in [2.05, 4.69) is 0 Å². The molecular formula is C19H26N2O5S. The van der Waals surface area contributed by atoms with Gasteiger partial charge >= 0.3 is 5.97 Å². The molecule has 1 heterocycles. The summed E-state index contributed by atoms with van der Waals surface area (Å²) in [6.07, 6.45) is 0. The van der Waals surface area contributed by atoms with Crippen molar-refractivity contribution in [2.75, 3.05) is 50.6 Å². The maximum Gasteiger partial charge on any atom is 0.310 e. The first-order valence-corrected chi connectivity index (χ1v) is 9.92. The molecule has 148 valence electrons. The molecule has 1 atom stereocenters. The Morgan fingerprint density at radius 3 is 2.78 bits per heavy atom. The number of amides is 2. The number of rotatable bonds is 9. The Morgan fingerprint density at radius 2 is 2.07 bits per heavy atom. The van der Waals surface area contributed by atoms with Crippen LogP contribution >= 0.6 is 11.8 Å². The fourth-order valence-electron chi connectivity index (χ4n) is 2.81. The number of hydrogen-bond donors (Lipinski definition) is 0. The van der Waals surface area contributed by atoms with Gasteiger partial charge in [0.25, 0.3) is 0 Å². The summed E-state index contributed by atoms with van der Waals surface area (Å²) in [6.45, 7) is 5.02. The standard InChI is InChI=1S/C19H26N2O5S/c1-4-26-10-9-20(11-14(2)19(24)25-3)17(22)12-21-15-7-5-6-8-16(15)27-13-18(21)23/h5-8,14H,4,9-13H2,1-3H3/t14-/m0/s1. The number of carbonyl (C=O) groups excluding carboxylic acids is 3. The van der Waals surface area contributed by atoms with Crippen molar-refractivity contribution in [1.82, 2.24) is 4.90 Å². The van der Waals surface area contributed by atoms with E-state index in [1.807, 2.05) is 31.2 Å². The summed E-state index contributed by atoms with van der Waals surface area (Å²) in [6, 6.07) is 7.54. The van der Waals surface area contributed by atoms with Crippen molar-refractivity contribution in [3.63, 3.8) is 0 Å². The Kier molecular flexibility index (Phi) is 8.12. The van der Waals surface area contributed by atoms with Crippen LogP contribution in [0, 0.1) is 5.92 Å². The van der Waals surface area contributed by atoms with Crippen molar-refractivity contribution >= 4 is 35.2 Å². The highest BCUT2D eigenvalue weighted by Gasteiger charge is 2.29. The van der Waals surface area contributed by atoms with E-state index in [-0.39, 0.29) is 30.9 Å². The van der Waals surface area contributed by atoms with Crippen LogP contribution in [0.2, 0.25) is 0 Å². The van der Waals surface area contributed by atoms with Gasteiger partial charge in [0.15, 0.2) is 0 Å². The summed E-state index contributed by atoms with van der Waals surface area (Å²) in [5.74, 6) is -0.847. The molecule has 0 N–H and O–H groups in total. The van der Waals surface area contributed by atoms with E-state index in [9.17, 15) is 14.4 Å². The molecule has 2 amide bonds. The van der Waals surface area contributed by atoms with Crippen LogP contribution in [0.15, 0.2) is 29.2 Å². The van der Waals surface area contributed by atoms with Crippen LogP contribution in [0.25, 0.3) is 0 Å². The van der Waals surface area contributed by atoms with Crippen molar-refractivity contribution in [1.29, 1.82) is 0 Å². The Balaban J connectivity index is 2.12. The average Bonchev–Trinajstić information content (AvgIpc) is 2.68. The number of hydrogen-bond acceptors (Lipinski definition) is 6. The zero-order valence-corrected chi connectivity index (χ0v) is 16.8. The van der Waals surface area contributed by atoms with Gasteiger partial charge in [-0.25, -0.2) is 0 Å². The molecule has 0 aliphatic carbocycles. The largest absolute Gasteiger partial charge is 0.469 e. The predicted octanol–water partition coefficient (Wildman–Crippen LogP) is 1.80. The molecule has 0 unspecified atom stereocenters. The summed E-state index contributed by atoms with van der Waals surface area (Å²) >= 11 is 1.47. The summed E-state index contributed by atoms with van der Waals surface area (Å²) in [5, 5.41) is 0. The average molecular weight is 394 g/mol. The van der Waals surface area contributed by atoms with Gasteiger partial charge in [-0.3, -0.25) is 14.4 Å². The lowest BCUT2D eigenvalue weighted by Crippen LogP contribution is -2.47. The van der Waals surface area contributed by atoms with Crippen LogP contribution in [-0.2, 0) is 23.9 Å². The van der Waals surface area contributed by atoms with Gasteiger partial charge < -0.3 is 19.3 Å². The predicted molar refractivity (Wildman–Crippen MR) is 104 cm³/mol. The molecule has 0 bridgehead atoms. The van der Waals surface area contributed by atoms with Crippen molar-refractivity contribution < 1.29 is 23.9 Å². The van der Waals surface area contributed by atoms with Gasteiger partial charge in [-0.05, 0) is 19.1 Å². The van der Waals surface area contributed by atoms with E-state index < -0.39 is 5.92 Å². The minimum absolute atomic E-state index is 0.0591. The summed E-state index contributed by atoms with van der Waals surface area (Å²) in [4.78, 5) is 41.1. The smallest absolute Gasteiger partial charge is 0.310 e. The normalized spacial score (nSPS) is 14.5. The lowest BCUT2D eigenvalue weighted by Gasteiger charge is -2.31. The van der Waals surface area contributed by atoms with Crippen LogP contribution in [0.1, 0.15) is 13.8 Å². The van der Waals surface area contributed by atoms with Crippen LogP contribution in [0.3, 0.4) is 0 Å². The second-order valence-electron chi connectivity index (χ2n) is 6.20. The molecule has 7 nitrogen and oxygen atoms in total. The Labute approximate surface area is 164 Å². The number of nitrogens with zero attached hydrogens (tertiary/aromatic N) is 2. The Morgan fingerprint density at radius 1 is 1.33 bits per heavy atom. The number of benzene rings is 1. The third-order valence-corrected chi connectivity index (χ3v) is 5.31. The molecule has 1 aliphatic heterocycles. The molecule has 0 saturated carbocycles. The van der Waals surface area contributed by atoms with Crippen LogP contribution in [0.5, 0.6) is 0 Å². The highest BCUT2D eigenvalue weighted by Crippen LogP contribution is 2.34. The molecule has 1 aromatic carbocycles. The van der Waals surface area contributed by atoms with Gasteiger partial charge in [-0.2, -0.15) is 0 Å². The topological polar surface area (TPSA) is 76.2 Å². The van der Waals surface area contributed by atoms with Gasteiger partial charge in [-0.1, -0.05) is 19.1 Å². The second-order valence-corrected chi connectivity index (χ2v) is 7.21.